The largest absolute Gasteiger partial charge is 0.328 e. The summed E-state index contributed by atoms with van der Waals surface area (Å²) in [5, 5.41) is 2.98. The van der Waals surface area contributed by atoms with Crippen LogP contribution in [-0.4, -0.2) is 21.2 Å². The quantitative estimate of drug-likeness (QED) is 0.650. The Kier molecular flexibility index (Phi) is 5.07. The van der Waals surface area contributed by atoms with E-state index < -0.39 is 0 Å². The number of imidazole rings is 1. The molecule has 1 aliphatic rings. The number of hydrogen-bond acceptors (Lipinski definition) is 3. The van der Waals surface area contributed by atoms with Crippen molar-refractivity contribution in [2.45, 2.75) is 30.7 Å². The molecule has 132 valence electrons. The fraction of sp³-hybridized carbons (Fsp3) is 0.238. The van der Waals surface area contributed by atoms with Gasteiger partial charge in [-0.05, 0) is 36.2 Å². The Labute approximate surface area is 157 Å². The van der Waals surface area contributed by atoms with Gasteiger partial charge in [0, 0.05) is 35.7 Å². The van der Waals surface area contributed by atoms with Crippen molar-refractivity contribution in [1.82, 2.24) is 9.55 Å². The molecule has 0 saturated carbocycles. The predicted molar refractivity (Wildman–Crippen MR) is 106 cm³/mol. The molecule has 2 heterocycles. The van der Waals surface area contributed by atoms with Gasteiger partial charge in [-0.15, -0.1) is 11.8 Å². The molecule has 0 fully saturated rings. The van der Waals surface area contributed by atoms with E-state index in [9.17, 15) is 4.79 Å². The number of benzene rings is 2. The van der Waals surface area contributed by atoms with Crippen molar-refractivity contribution in [1.29, 1.82) is 0 Å². The van der Waals surface area contributed by atoms with Gasteiger partial charge in [0.05, 0.1) is 11.9 Å². The molecule has 4 rings (SSSR count). The number of carbonyl (C=O) groups excluding carboxylic acids is 1. The molecular formula is C21H21N3OS. The zero-order valence-corrected chi connectivity index (χ0v) is 15.3. The van der Waals surface area contributed by atoms with Crippen LogP contribution in [0.2, 0.25) is 0 Å². The molecule has 0 unspecified atom stereocenters. The van der Waals surface area contributed by atoms with E-state index in [1.165, 1.54) is 17.1 Å². The van der Waals surface area contributed by atoms with E-state index in [4.69, 9.17) is 0 Å². The maximum absolute atomic E-state index is 12.1. The number of thioether (sulfide) groups is 1. The normalized spacial score (nSPS) is 12.8. The third-order valence-corrected chi connectivity index (χ3v) is 5.54. The molecule has 0 aliphatic carbocycles. The number of amides is 1. The molecule has 0 atom stereocenters. The maximum Gasteiger partial charge on any atom is 0.225 e. The van der Waals surface area contributed by atoms with Gasteiger partial charge in [0.15, 0.2) is 0 Å². The summed E-state index contributed by atoms with van der Waals surface area (Å²) in [7, 11) is 0. The maximum atomic E-state index is 12.1. The fourth-order valence-electron chi connectivity index (χ4n) is 3.21. The van der Waals surface area contributed by atoms with E-state index in [-0.39, 0.29) is 5.91 Å². The van der Waals surface area contributed by atoms with Crippen LogP contribution in [0.5, 0.6) is 0 Å². The second-order valence-corrected chi connectivity index (χ2v) is 7.52. The molecule has 4 nitrogen and oxygen atoms in total. The number of aryl methyl sites for hydroxylation is 1. The van der Waals surface area contributed by atoms with E-state index in [1.54, 1.807) is 11.8 Å². The van der Waals surface area contributed by atoms with Crippen molar-refractivity contribution in [2.75, 3.05) is 11.1 Å². The minimum atomic E-state index is 0.0476. The van der Waals surface area contributed by atoms with Crippen molar-refractivity contribution in [3.8, 4) is 11.3 Å². The Morgan fingerprint density at radius 3 is 2.73 bits per heavy atom. The van der Waals surface area contributed by atoms with Gasteiger partial charge in [-0.1, -0.05) is 30.3 Å². The van der Waals surface area contributed by atoms with Gasteiger partial charge >= 0.3 is 0 Å². The Bertz CT molecular complexity index is 887. The number of nitrogens with zero attached hydrogens (tertiary/aromatic N) is 2. The average molecular weight is 363 g/mol. The number of fused-ring (bicyclic) bond motifs is 1. The topological polar surface area (TPSA) is 46.9 Å². The van der Waals surface area contributed by atoms with Crippen LogP contribution in [0.1, 0.15) is 18.7 Å². The molecule has 1 aliphatic heterocycles. The van der Waals surface area contributed by atoms with Gasteiger partial charge < -0.3 is 9.88 Å². The summed E-state index contributed by atoms with van der Waals surface area (Å²) in [5.41, 5.74) is 3.14. The van der Waals surface area contributed by atoms with E-state index >= 15 is 0 Å². The lowest BCUT2D eigenvalue weighted by atomic mass is 10.1. The highest BCUT2D eigenvalue weighted by Gasteiger charge is 2.16. The van der Waals surface area contributed by atoms with Gasteiger partial charge in [0.2, 0.25) is 5.91 Å². The lowest BCUT2D eigenvalue weighted by Gasteiger charge is -2.08. The number of anilines is 1. The first-order valence-corrected chi connectivity index (χ1v) is 9.91. The van der Waals surface area contributed by atoms with Crippen LogP contribution in [0.3, 0.4) is 0 Å². The molecule has 3 aromatic rings. The predicted octanol–water partition coefficient (Wildman–Crippen LogP) is 4.62. The van der Waals surface area contributed by atoms with Crippen LogP contribution >= 0.6 is 11.8 Å². The second kappa shape index (κ2) is 7.79. The molecule has 26 heavy (non-hydrogen) atoms. The standard InChI is InChI=1S/C21H21N3OS/c25-21(12-14-26-18-5-2-1-3-6-18)23-17-10-8-16(9-11-17)19-15-22-20-7-4-13-24(19)20/h1-3,5-6,8-11,15H,4,7,12-14H2,(H,23,25). The zero-order valence-electron chi connectivity index (χ0n) is 14.5. The van der Waals surface area contributed by atoms with Gasteiger partial charge in [-0.2, -0.15) is 0 Å². The minimum Gasteiger partial charge on any atom is -0.328 e. The minimum absolute atomic E-state index is 0.0476. The average Bonchev–Trinajstić information content (AvgIpc) is 3.27. The molecule has 0 radical (unpaired) electrons. The fourth-order valence-corrected chi connectivity index (χ4v) is 4.09. The molecule has 5 heteroatoms. The van der Waals surface area contributed by atoms with Crippen molar-refractivity contribution in [3.05, 3.63) is 66.6 Å². The SMILES string of the molecule is O=C(CCSc1ccccc1)Nc1ccc(-c2cnc3n2CCC3)cc1. The molecule has 2 aromatic carbocycles. The third kappa shape index (κ3) is 3.83. The molecule has 1 amide bonds. The highest BCUT2D eigenvalue weighted by atomic mass is 32.2. The zero-order chi connectivity index (χ0) is 17.8. The molecule has 0 saturated heterocycles. The Balaban J connectivity index is 1.31. The smallest absolute Gasteiger partial charge is 0.225 e. The third-order valence-electron chi connectivity index (χ3n) is 4.53. The summed E-state index contributed by atoms with van der Waals surface area (Å²) in [6.45, 7) is 1.04. The Morgan fingerprint density at radius 1 is 1.12 bits per heavy atom. The summed E-state index contributed by atoms with van der Waals surface area (Å²) in [4.78, 5) is 17.8. The highest BCUT2D eigenvalue weighted by molar-refractivity contribution is 7.99. The van der Waals surface area contributed by atoms with Crippen molar-refractivity contribution in [3.63, 3.8) is 0 Å². The first-order chi connectivity index (χ1) is 12.8. The number of carbonyl (C=O) groups is 1. The molecule has 1 aromatic heterocycles. The van der Waals surface area contributed by atoms with Crippen LogP contribution in [0, 0.1) is 0 Å². The lowest BCUT2D eigenvalue weighted by molar-refractivity contribution is -0.115. The van der Waals surface area contributed by atoms with Crippen LogP contribution < -0.4 is 5.32 Å². The number of nitrogens with one attached hydrogen (secondary N) is 1. The van der Waals surface area contributed by atoms with Crippen molar-refractivity contribution < 1.29 is 4.79 Å². The first kappa shape index (κ1) is 16.9. The number of rotatable bonds is 6. The van der Waals surface area contributed by atoms with E-state index in [0.717, 1.165) is 35.7 Å². The van der Waals surface area contributed by atoms with Crippen molar-refractivity contribution in [2.24, 2.45) is 0 Å². The first-order valence-electron chi connectivity index (χ1n) is 8.92. The van der Waals surface area contributed by atoms with Gasteiger partial charge in [-0.3, -0.25) is 4.79 Å². The summed E-state index contributed by atoms with van der Waals surface area (Å²) < 4.78 is 2.29. The lowest BCUT2D eigenvalue weighted by Crippen LogP contribution is -2.12. The summed E-state index contributed by atoms with van der Waals surface area (Å²) in [6.07, 6.45) is 4.68. The van der Waals surface area contributed by atoms with Crippen LogP contribution in [0.25, 0.3) is 11.3 Å². The molecule has 1 N–H and O–H groups in total. The second-order valence-electron chi connectivity index (χ2n) is 6.35. The Morgan fingerprint density at radius 2 is 1.92 bits per heavy atom. The monoisotopic (exact) mass is 363 g/mol. The van der Waals surface area contributed by atoms with E-state index in [1.807, 2.05) is 36.5 Å². The Hall–Kier alpha value is -2.53. The molecule has 0 bridgehead atoms. The van der Waals surface area contributed by atoms with Gasteiger partial charge in [0.1, 0.15) is 5.82 Å². The summed E-state index contributed by atoms with van der Waals surface area (Å²) in [5.74, 6) is 2.00. The van der Waals surface area contributed by atoms with Gasteiger partial charge in [0.25, 0.3) is 0 Å². The van der Waals surface area contributed by atoms with E-state index in [0.29, 0.717) is 6.42 Å². The summed E-state index contributed by atoms with van der Waals surface area (Å²) >= 11 is 1.70. The highest BCUT2D eigenvalue weighted by Crippen LogP contribution is 2.26. The number of aromatic nitrogens is 2. The van der Waals surface area contributed by atoms with Crippen LogP contribution in [0.4, 0.5) is 5.69 Å². The number of hydrogen-bond donors (Lipinski definition) is 1. The molecular weight excluding hydrogens is 342 g/mol. The van der Waals surface area contributed by atoms with Gasteiger partial charge in [-0.25, -0.2) is 4.98 Å². The van der Waals surface area contributed by atoms with Crippen LogP contribution in [-0.2, 0) is 17.8 Å². The van der Waals surface area contributed by atoms with Crippen molar-refractivity contribution >= 4 is 23.4 Å². The molecule has 0 spiro atoms. The van der Waals surface area contributed by atoms with Crippen LogP contribution in [0.15, 0.2) is 65.7 Å². The summed E-state index contributed by atoms with van der Waals surface area (Å²) in [6, 6.07) is 18.2. The van der Waals surface area contributed by atoms with E-state index in [2.05, 4.69) is 39.1 Å².